The Morgan fingerprint density at radius 2 is 1.93 bits per heavy atom. The van der Waals surface area contributed by atoms with E-state index in [0.29, 0.717) is 12.8 Å². The number of aliphatic hydroxyl groups excluding tert-OH is 2. The molecule has 41 heavy (non-hydrogen) atoms. The number of aliphatic hydroxyl groups is 2. The Labute approximate surface area is 241 Å². The number of piperazine rings is 1. The molecule has 3 N–H and O–H groups in total. The van der Waals surface area contributed by atoms with Crippen molar-refractivity contribution in [1.29, 1.82) is 0 Å². The van der Waals surface area contributed by atoms with E-state index in [-0.39, 0.29) is 34.7 Å². The summed E-state index contributed by atoms with van der Waals surface area (Å²) < 4.78 is 13.3. The van der Waals surface area contributed by atoms with Gasteiger partial charge in [-0.2, -0.15) is 0 Å². The number of ether oxygens (including phenoxy) is 2. The maximum Gasteiger partial charge on any atom is 0.193 e. The first kappa shape index (κ1) is 27.6. The minimum atomic E-state index is -1.32. The first-order valence-corrected chi connectivity index (χ1v) is 15.3. The molecule has 3 saturated carbocycles. The number of Topliss-reactive ketones (excluding diaryl/α,β-unsaturated/α-hetero) is 1. The van der Waals surface area contributed by atoms with Crippen LogP contribution in [0.2, 0.25) is 0 Å². The third-order valence-corrected chi connectivity index (χ3v) is 11.7. The van der Waals surface area contributed by atoms with Crippen molar-refractivity contribution in [3.8, 4) is 0 Å². The topological polar surface area (TPSA) is 108 Å². The Morgan fingerprint density at radius 1 is 1.17 bits per heavy atom. The summed E-state index contributed by atoms with van der Waals surface area (Å²) in [6.07, 6.45) is 6.16. The van der Waals surface area contributed by atoms with Crippen LogP contribution in [-0.2, 0) is 25.6 Å². The summed E-state index contributed by atoms with van der Waals surface area (Å²) >= 11 is 0. The van der Waals surface area contributed by atoms with Crippen molar-refractivity contribution >= 4 is 11.6 Å². The van der Waals surface area contributed by atoms with Gasteiger partial charge in [-0.05, 0) is 55.2 Å². The van der Waals surface area contributed by atoms with E-state index in [2.05, 4.69) is 36.2 Å². The molecule has 8 heteroatoms. The predicted octanol–water partition coefficient (Wildman–Crippen LogP) is 2.69. The van der Waals surface area contributed by atoms with E-state index in [0.717, 1.165) is 56.7 Å². The number of benzene rings is 1. The fraction of sp³-hybridized carbons (Fsp3) is 0.636. The molecule has 0 spiro atoms. The van der Waals surface area contributed by atoms with Gasteiger partial charge in [0.2, 0.25) is 0 Å². The van der Waals surface area contributed by atoms with Crippen LogP contribution in [0.3, 0.4) is 0 Å². The zero-order valence-electron chi connectivity index (χ0n) is 24.1. The summed E-state index contributed by atoms with van der Waals surface area (Å²) in [5, 5.41) is 25.4. The number of rotatable bonds is 5. The molecule has 4 aliphatic carbocycles. The molecule has 2 heterocycles. The smallest absolute Gasteiger partial charge is 0.193 e. The standard InChI is InChI=1S/C33H42N2O6/c1-31-10-9-23(37)15-22(31)7-8-24-25-16-28-33(27(39)19-36,32(25,2)17-26(38)29(24)31)41-30(40-28)21-5-3-20(4-6-21)18-35-13-11-34-12-14-35/h3-6,9-10,15,24-26,28-30,34,36,38H,7-8,11-14,16-19H2,1-2H3/t24-,25-,26-,28+,29+,30+,31-,32-,33+/m0/s1. The predicted molar refractivity (Wildman–Crippen MR) is 152 cm³/mol. The second kappa shape index (κ2) is 9.93. The van der Waals surface area contributed by atoms with Gasteiger partial charge in [-0.15, -0.1) is 0 Å². The largest absolute Gasteiger partial charge is 0.393 e. The van der Waals surface area contributed by atoms with Crippen LogP contribution in [0, 0.1) is 28.6 Å². The molecule has 5 fully saturated rings. The highest BCUT2D eigenvalue weighted by Gasteiger charge is 2.75. The highest BCUT2D eigenvalue weighted by molar-refractivity contribution is 6.01. The van der Waals surface area contributed by atoms with Gasteiger partial charge in [0.25, 0.3) is 0 Å². The number of nitrogens with zero attached hydrogens (tertiary/aromatic N) is 1. The van der Waals surface area contributed by atoms with E-state index in [4.69, 9.17) is 9.47 Å². The van der Waals surface area contributed by atoms with Crippen LogP contribution in [0.4, 0.5) is 0 Å². The second-order valence-electron chi connectivity index (χ2n) is 13.6. The Bertz CT molecular complexity index is 1290. The van der Waals surface area contributed by atoms with E-state index in [1.165, 1.54) is 5.56 Å². The third kappa shape index (κ3) is 4.02. The average molecular weight is 563 g/mol. The van der Waals surface area contributed by atoms with Crippen LogP contribution >= 0.6 is 0 Å². The first-order chi connectivity index (χ1) is 19.7. The molecule has 220 valence electrons. The van der Waals surface area contributed by atoms with Gasteiger partial charge in [-0.25, -0.2) is 0 Å². The summed E-state index contributed by atoms with van der Waals surface area (Å²) in [6, 6.07) is 8.26. The zero-order chi connectivity index (χ0) is 28.6. The Morgan fingerprint density at radius 3 is 2.66 bits per heavy atom. The molecule has 8 nitrogen and oxygen atoms in total. The van der Waals surface area contributed by atoms with E-state index in [9.17, 15) is 19.8 Å². The molecule has 0 radical (unpaired) electrons. The minimum Gasteiger partial charge on any atom is -0.393 e. The summed E-state index contributed by atoms with van der Waals surface area (Å²) in [4.78, 5) is 28.3. The molecule has 0 unspecified atom stereocenters. The van der Waals surface area contributed by atoms with Crippen LogP contribution in [0.5, 0.6) is 0 Å². The lowest BCUT2D eigenvalue weighted by molar-refractivity contribution is -0.201. The van der Waals surface area contributed by atoms with E-state index in [1.54, 1.807) is 12.2 Å². The van der Waals surface area contributed by atoms with Crippen molar-refractivity contribution in [2.24, 2.45) is 28.6 Å². The van der Waals surface area contributed by atoms with Crippen LogP contribution in [0.25, 0.3) is 0 Å². The van der Waals surface area contributed by atoms with Crippen molar-refractivity contribution < 1.29 is 29.3 Å². The molecule has 1 aromatic carbocycles. The highest BCUT2D eigenvalue weighted by atomic mass is 16.7. The number of nitrogens with one attached hydrogen (secondary N) is 1. The van der Waals surface area contributed by atoms with Gasteiger partial charge in [-0.3, -0.25) is 14.5 Å². The van der Waals surface area contributed by atoms with Gasteiger partial charge >= 0.3 is 0 Å². The lowest BCUT2D eigenvalue weighted by atomic mass is 9.46. The van der Waals surface area contributed by atoms with E-state index < -0.39 is 36.1 Å². The molecule has 1 aromatic rings. The molecule has 2 aliphatic heterocycles. The second-order valence-corrected chi connectivity index (χ2v) is 13.6. The van der Waals surface area contributed by atoms with Crippen molar-refractivity contribution in [3.63, 3.8) is 0 Å². The lowest BCUT2D eigenvalue weighted by Crippen LogP contribution is -2.63. The van der Waals surface area contributed by atoms with Crippen LogP contribution in [-0.4, -0.2) is 77.3 Å². The van der Waals surface area contributed by atoms with Crippen molar-refractivity contribution in [3.05, 3.63) is 59.2 Å². The van der Waals surface area contributed by atoms with Crippen LogP contribution in [0.15, 0.2) is 48.1 Å². The fourth-order valence-electron chi connectivity index (χ4n) is 9.74. The quantitative estimate of drug-likeness (QED) is 0.503. The molecule has 6 aliphatic rings. The minimum absolute atomic E-state index is 0.0126. The molecular weight excluding hydrogens is 520 g/mol. The Balaban J connectivity index is 1.17. The van der Waals surface area contributed by atoms with Crippen LogP contribution < -0.4 is 5.32 Å². The fourth-order valence-corrected chi connectivity index (χ4v) is 9.74. The van der Waals surface area contributed by atoms with Crippen molar-refractivity contribution in [2.75, 3.05) is 32.8 Å². The van der Waals surface area contributed by atoms with Gasteiger partial charge in [0.15, 0.2) is 23.5 Å². The molecule has 7 rings (SSSR count). The summed E-state index contributed by atoms with van der Waals surface area (Å²) in [7, 11) is 0. The molecule has 0 amide bonds. The summed E-state index contributed by atoms with van der Waals surface area (Å²) in [5.41, 5.74) is 0.779. The summed E-state index contributed by atoms with van der Waals surface area (Å²) in [5.74, 6) is -0.166. The summed E-state index contributed by atoms with van der Waals surface area (Å²) in [6.45, 7) is 8.55. The zero-order valence-corrected chi connectivity index (χ0v) is 24.1. The van der Waals surface area contributed by atoms with Gasteiger partial charge < -0.3 is 25.0 Å². The number of carbonyl (C=O) groups excluding carboxylic acids is 2. The van der Waals surface area contributed by atoms with Gasteiger partial charge in [0, 0.05) is 55.0 Å². The number of fused-ring (bicyclic) bond motifs is 7. The number of allylic oxidation sites excluding steroid dienone is 4. The Hall–Kier alpha value is -2.20. The van der Waals surface area contributed by atoms with Crippen molar-refractivity contribution in [1.82, 2.24) is 10.2 Å². The maximum atomic E-state index is 13.7. The molecule has 0 bridgehead atoms. The van der Waals surface area contributed by atoms with Gasteiger partial charge in [0.05, 0.1) is 12.2 Å². The monoisotopic (exact) mass is 562 g/mol. The van der Waals surface area contributed by atoms with E-state index >= 15 is 0 Å². The maximum absolute atomic E-state index is 13.7. The number of carbonyl (C=O) groups is 2. The Kier molecular flexibility index (Phi) is 6.69. The highest BCUT2D eigenvalue weighted by Crippen LogP contribution is 2.70. The lowest BCUT2D eigenvalue weighted by Gasteiger charge is -2.59. The van der Waals surface area contributed by atoms with Crippen LogP contribution in [0.1, 0.15) is 56.9 Å². The molecule has 9 atom stereocenters. The van der Waals surface area contributed by atoms with Crippen molar-refractivity contribution in [2.45, 2.75) is 70.2 Å². The van der Waals surface area contributed by atoms with E-state index in [1.807, 2.05) is 18.2 Å². The number of hydrogen-bond acceptors (Lipinski definition) is 8. The molecular formula is C33H42N2O6. The number of ketones is 2. The van der Waals surface area contributed by atoms with Gasteiger partial charge in [-0.1, -0.05) is 49.8 Å². The SMILES string of the molecule is C[C@]12C=CC(=O)C=C1CC[C@@H]1[C@@H]2[C@@H](O)C[C@@]2(C)[C@H]1C[C@H]1O[C@@H](c3ccc(CN4CCNCC4)cc3)O[C@]12C(=O)CO. The third-order valence-electron chi connectivity index (χ3n) is 11.7. The molecule has 2 saturated heterocycles. The first-order valence-electron chi connectivity index (χ1n) is 15.3. The number of hydrogen-bond donors (Lipinski definition) is 3. The van der Waals surface area contributed by atoms with Gasteiger partial charge in [0.1, 0.15) is 6.61 Å². The molecule has 0 aromatic heterocycles. The average Bonchev–Trinajstić information content (AvgIpc) is 3.47. The normalized spacial score (nSPS) is 43.6.